The van der Waals surface area contributed by atoms with Gasteiger partial charge in [-0.15, -0.1) is 0 Å². The average molecular weight is 259 g/mol. The number of carbonyl (C=O) groups is 1. The van der Waals surface area contributed by atoms with Gasteiger partial charge in [-0.2, -0.15) is 0 Å². The molecule has 2 unspecified atom stereocenters. The highest BCUT2D eigenvalue weighted by Gasteiger charge is 2.28. The average Bonchev–Trinajstić information content (AvgIpc) is 2.44. The summed E-state index contributed by atoms with van der Waals surface area (Å²) in [6, 6.07) is 10.2. The summed E-state index contributed by atoms with van der Waals surface area (Å²) in [4.78, 5) is 13.7. The molecule has 2 atom stereocenters. The number of amides is 1. The number of rotatable bonds is 5. The van der Waals surface area contributed by atoms with E-state index in [0.717, 1.165) is 12.1 Å². The van der Waals surface area contributed by atoms with E-state index in [1.165, 1.54) is 0 Å². The molecule has 0 saturated heterocycles. The van der Waals surface area contributed by atoms with Crippen molar-refractivity contribution in [3.63, 3.8) is 0 Å². The fourth-order valence-electron chi connectivity index (χ4n) is 2.41. The van der Waals surface area contributed by atoms with E-state index in [2.05, 4.69) is 6.92 Å². The maximum atomic E-state index is 11.8. The molecule has 3 heteroatoms. The van der Waals surface area contributed by atoms with E-state index in [4.69, 9.17) is 4.74 Å². The highest BCUT2D eigenvalue weighted by atomic mass is 16.5. The molecule has 19 heavy (non-hydrogen) atoms. The lowest BCUT2D eigenvalue weighted by Crippen LogP contribution is -2.47. The molecule has 0 spiro atoms. The van der Waals surface area contributed by atoms with Gasteiger partial charge in [0.2, 0.25) is 5.91 Å². The number of carbonyl (C=O) groups excluding carboxylic acids is 1. The van der Waals surface area contributed by atoms with Gasteiger partial charge in [0.05, 0.1) is 19.3 Å². The number of benzene rings is 1. The smallest absolute Gasteiger partial charge is 0.246 e. The van der Waals surface area contributed by atoms with E-state index in [0.29, 0.717) is 19.1 Å². The third-order valence-electron chi connectivity index (χ3n) is 3.57. The van der Waals surface area contributed by atoms with Crippen LogP contribution in [-0.4, -0.2) is 30.0 Å². The molecule has 1 aliphatic rings. The number of ether oxygens (including phenoxy) is 1. The maximum absolute atomic E-state index is 11.8. The maximum Gasteiger partial charge on any atom is 0.246 e. The van der Waals surface area contributed by atoms with Gasteiger partial charge in [0.25, 0.3) is 0 Å². The van der Waals surface area contributed by atoms with E-state index in [9.17, 15) is 4.79 Å². The van der Waals surface area contributed by atoms with E-state index in [-0.39, 0.29) is 11.9 Å². The summed E-state index contributed by atoms with van der Waals surface area (Å²) in [6.45, 7) is 6.04. The molecule has 0 aromatic heterocycles. The molecule has 1 aromatic rings. The third kappa shape index (κ3) is 3.44. The van der Waals surface area contributed by atoms with Gasteiger partial charge in [0.15, 0.2) is 0 Å². The predicted octanol–water partition coefficient (Wildman–Crippen LogP) is 2.63. The van der Waals surface area contributed by atoms with Crippen molar-refractivity contribution in [2.24, 2.45) is 5.92 Å². The molecule has 2 rings (SSSR count). The van der Waals surface area contributed by atoms with Crippen LogP contribution >= 0.6 is 0 Å². The molecule has 0 aliphatic carbocycles. The number of nitrogens with zero attached hydrogens (tertiary/aromatic N) is 1. The molecule has 1 aliphatic heterocycles. The van der Waals surface area contributed by atoms with Crippen molar-refractivity contribution in [2.45, 2.75) is 26.5 Å². The molecule has 0 bridgehead atoms. The van der Waals surface area contributed by atoms with Gasteiger partial charge >= 0.3 is 0 Å². The van der Waals surface area contributed by atoms with Crippen LogP contribution in [-0.2, 0) is 16.1 Å². The second kappa shape index (κ2) is 6.53. The topological polar surface area (TPSA) is 29.5 Å². The van der Waals surface area contributed by atoms with Crippen LogP contribution in [0.1, 0.15) is 19.4 Å². The summed E-state index contributed by atoms with van der Waals surface area (Å²) in [7, 11) is 0. The quantitative estimate of drug-likeness (QED) is 0.813. The van der Waals surface area contributed by atoms with Crippen LogP contribution in [0.2, 0.25) is 0 Å². The Morgan fingerprint density at radius 2 is 2.00 bits per heavy atom. The number of hydrogen-bond acceptors (Lipinski definition) is 2. The van der Waals surface area contributed by atoms with Gasteiger partial charge in [0.1, 0.15) is 0 Å². The highest BCUT2D eigenvalue weighted by Crippen LogP contribution is 2.19. The molecular weight excluding hydrogens is 238 g/mol. The minimum atomic E-state index is 0.0916. The molecule has 3 nitrogen and oxygen atoms in total. The monoisotopic (exact) mass is 259 g/mol. The van der Waals surface area contributed by atoms with Gasteiger partial charge in [-0.1, -0.05) is 43.3 Å². The van der Waals surface area contributed by atoms with Crippen molar-refractivity contribution in [1.29, 1.82) is 0 Å². The summed E-state index contributed by atoms with van der Waals surface area (Å²) < 4.78 is 5.78. The first kappa shape index (κ1) is 13.8. The van der Waals surface area contributed by atoms with Crippen LogP contribution in [0.4, 0.5) is 0 Å². The SMILES string of the molecule is CCN1C(=O)C=CC(C)C1COCc1ccccc1. The molecule has 1 amide bonds. The van der Waals surface area contributed by atoms with Gasteiger partial charge in [-0.3, -0.25) is 4.79 Å². The van der Waals surface area contributed by atoms with Crippen molar-refractivity contribution in [2.75, 3.05) is 13.2 Å². The van der Waals surface area contributed by atoms with Crippen molar-refractivity contribution in [3.8, 4) is 0 Å². The van der Waals surface area contributed by atoms with Gasteiger partial charge in [0, 0.05) is 6.54 Å². The Morgan fingerprint density at radius 3 is 2.68 bits per heavy atom. The normalized spacial score (nSPS) is 22.8. The predicted molar refractivity (Wildman–Crippen MR) is 75.6 cm³/mol. The summed E-state index contributed by atoms with van der Waals surface area (Å²) >= 11 is 0. The summed E-state index contributed by atoms with van der Waals surface area (Å²) in [5.41, 5.74) is 1.16. The largest absolute Gasteiger partial charge is 0.375 e. The zero-order valence-corrected chi connectivity index (χ0v) is 11.6. The minimum Gasteiger partial charge on any atom is -0.375 e. The third-order valence-corrected chi connectivity index (χ3v) is 3.57. The molecule has 0 N–H and O–H groups in total. The summed E-state index contributed by atoms with van der Waals surface area (Å²) in [5.74, 6) is 0.433. The van der Waals surface area contributed by atoms with E-state index in [1.54, 1.807) is 6.08 Å². The first-order valence-corrected chi connectivity index (χ1v) is 6.83. The van der Waals surface area contributed by atoms with Gasteiger partial charge < -0.3 is 9.64 Å². The molecule has 1 aromatic carbocycles. The van der Waals surface area contributed by atoms with Crippen LogP contribution in [0.3, 0.4) is 0 Å². The lowest BCUT2D eigenvalue weighted by molar-refractivity contribution is -0.131. The number of likely N-dealkylation sites (N-methyl/N-ethyl adjacent to an activating group) is 1. The minimum absolute atomic E-state index is 0.0916. The first-order chi connectivity index (χ1) is 9.22. The fraction of sp³-hybridized carbons (Fsp3) is 0.438. The van der Waals surface area contributed by atoms with Crippen LogP contribution in [0.25, 0.3) is 0 Å². The Morgan fingerprint density at radius 1 is 1.26 bits per heavy atom. The molecule has 1 heterocycles. The van der Waals surface area contributed by atoms with Crippen molar-refractivity contribution in [1.82, 2.24) is 4.90 Å². The van der Waals surface area contributed by atoms with Crippen LogP contribution in [0.15, 0.2) is 42.5 Å². The first-order valence-electron chi connectivity index (χ1n) is 6.83. The highest BCUT2D eigenvalue weighted by molar-refractivity contribution is 5.88. The Balaban J connectivity index is 1.90. The standard InChI is InChI=1S/C16H21NO2/c1-3-17-15(13(2)9-10-16(17)18)12-19-11-14-7-5-4-6-8-14/h4-10,13,15H,3,11-12H2,1-2H3. The fourth-order valence-corrected chi connectivity index (χ4v) is 2.41. The van der Waals surface area contributed by atoms with Gasteiger partial charge in [-0.25, -0.2) is 0 Å². The summed E-state index contributed by atoms with van der Waals surface area (Å²) in [6.07, 6.45) is 3.65. The van der Waals surface area contributed by atoms with E-state index in [1.807, 2.05) is 48.2 Å². The Kier molecular flexibility index (Phi) is 4.74. The lowest BCUT2D eigenvalue weighted by atomic mass is 9.97. The van der Waals surface area contributed by atoms with Crippen molar-refractivity contribution in [3.05, 3.63) is 48.0 Å². The number of hydrogen-bond donors (Lipinski definition) is 0. The zero-order valence-electron chi connectivity index (χ0n) is 11.6. The Hall–Kier alpha value is -1.61. The molecule has 0 fully saturated rings. The van der Waals surface area contributed by atoms with Crippen LogP contribution in [0, 0.1) is 5.92 Å². The summed E-state index contributed by atoms with van der Waals surface area (Å²) in [5, 5.41) is 0. The van der Waals surface area contributed by atoms with Gasteiger partial charge in [-0.05, 0) is 24.5 Å². The molecule has 0 radical (unpaired) electrons. The lowest BCUT2D eigenvalue weighted by Gasteiger charge is -2.36. The van der Waals surface area contributed by atoms with E-state index >= 15 is 0 Å². The van der Waals surface area contributed by atoms with Crippen LogP contribution < -0.4 is 0 Å². The second-order valence-corrected chi connectivity index (χ2v) is 4.91. The zero-order chi connectivity index (χ0) is 13.7. The van der Waals surface area contributed by atoms with E-state index < -0.39 is 0 Å². The van der Waals surface area contributed by atoms with Crippen molar-refractivity contribution >= 4 is 5.91 Å². The molecular formula is C16H21NO2. The second-order valence-electron chi connectivity index (χ2n) is 4.91. The van der Waals surface area contributed by atoms with Crippen LogP contribution in [0.5, 0.6) is 0 Å². The Labute approximate surface area is 114 Å². The Bertz CT molecular complexity index is 441. The van der Waals surface area contributed by atoms with Crippen molar-refractivity contribution < 1.29 is 9.53 Å². The molecule has 0 saturated carbocycles. The molecule has 102 valence electrons.